The normalized spacial score (nSPS) is 11.5. The standard InChI is InChI=1S/C25H24FNO4/c1-16-12-22(30-15-19-6-4-8-21(26)13-19)10-11-24(16)27-25(29)18(3)31-23-9-5-7-20(14-23)17(2)28/h4-14,18H,15H2,1-3H3,(H,27,29). The molecule has 0 aliphatic rings. The Morgan fingerprint density at radius 3 is 2.48 bits per heavy atom. The van der Waals surface area contributed by atoms with Crippen molar-refractivity contribution in [3.05, 3.63) is 89.2 Å². The highest BCUT2D eigenvalue weighted by Gasteiger charge is 2.16. The summed E-state index contributed by atoms with van der Waals surface area (Å²) in [5.74, 6) is 0.376. The lowest BCUT2D eigenvalue weighted by Gasteiger charge is -2.16. The molecule has 3 aromatic rings. The SMILES string of the molecule is CC(=O)c1cccc(OC(C)C(=O)Nc2ccc(OCc3cccc(F)c3)cc2C)c1. The highest BCUT2D eigenvalue weighted by molar-refractivity contribution is 5.95. The summed E-state index contributed by atoms with van der Waals surface area (Å²) >= 11 is 0. The van der Waals surface area contributed by atoms with Crippen molar-refractivity contribution in [1.29, 1.82) is 0 Å². The van der Waals surface area contributed by atoms with Gasteiger partial charge in [0.1, 0.15) is 23.9 Å². The number of anilines is 1. The van der Waals surface area contributed by atoms with Crippen molar-refractivity contribution in [2.75, 3.05) is 5.32 Å². The molecule has 31 heavy (non-hydrogen) atoms. The summed E-state index contributed by atoms with van der Waals surface area (Å²) in [6, 6.07) is 18.2. The molecule has 1 unspecified atom stereocenters. The van der Waals surface area contributed by atoms with Crippen LogP contribution < -0.4 is 14.8 Å². The van der Waals surface area contributed by atoms with Crippen LogP contribution in [0, 0.1) is 12.7 Å². The van der Waals surface area contributed by atoms with Crippen LogP contribution >= 0.6 is 0 Å². The Bertz CT molecular complexity index is 1100. The van der Waals surface area contributed by atoms with E-state index in [1.165, 1.54) is 19.1 Å². The number of amides is 1. The number of benzene rings is 3. The highest BCUT2D eigenvalue weighted by atomic mass is 19.1. The summed E-state index contributed by atoms with van der Waals surface area (Å²) in [5.41, 5.74) is 2.71. The number of ketones is 1. The van der Waals surface area contributed by atoms with Crippen molar-refractivity contribution < 1.29 is 23.5 Å². The number of nitrogens with one attached hydrogen (secondary N) is 1. The van der Waals surface area contributed by atoms with Gasteiger partial charge >= 0.3 is 0 Å². The molecule has 6 heteroatoms. The van der Waals surface area contributed by atoms with Gasteiger partial charge in [-0.2, -0.15) is 0 Å². The number of hydrogen-bond donors (Lipinski definition) is 1. The fourth-order valence-corrected chi connectivity index (χ4v) is 2.94. The summed E-state index contributed by atoms with van der Waals surface area (Å²) in [6.45, 7) is 5.21. The number of halogens is 1. The highest BCUT2D eigenvalue weighted by Crippen LogP contribution is 2.23. The molecular weight excluding hydrogens is 397 g/mol. The predicted molar refractivity (Wildman–Crippen MR) is 117 cm³/mol. The molecule has 1 atom stereocenters. The number of hydrogen-bond acceptors (Lipinski definition) is 4. The predicted octanol–water partition coefficient (Wildman–Crippen LogP) is 5.32. The maximum atomic E-state index is 13.3. The lowest BCUT2D eigenvalue weighted by molar-refractivity contribution is -0.122. The van der Waals surface area contributed by atoms with E-state index >= 15 is 0 Å². The van der Waals surface area contributed by atoms with Gasteiger partial charge in [0.25, 0.3) is 5.91 Å². The van der Waals surface area contributed by atoms with Gasteiger partial charge in [0, 0.05) is 11.3 Å². The zero-order valence-electron chi connectivity index (χ0n) is 17.6. The van der Waals surface area contributed by atoms with Crippen LogP contribution in [-0.2, 0) is 11.4 Å². The Morgan fingerprint density at radius 1 is 1.00 bits per heavy atom. The quantitative estimate of drug-likeness (QED) is 0.500. The molecule has 0 aliphatic heterocycles. The van der Waals surface area contributed by atoms with Gasteiger partial charge in [-0.3, -0.25) is 9.59 Å². The largest absolute Gasteiger partial charge is 0.489 e. The van der Waals surface area contributed by atoms with Crippen LogP contribution in [0.1, 0.15) is 35.3 Å². The van der Waals surface area contributed by atoms with Crippen LogP contribution in [0.3, 0.4) is 0 Å². The van der Waals surface area contributed by atoms with Gasteiger partial charge in [-0.05, 0) is 74.4 Å². The van der Waals surface area contributed by atoms with Gasteiger partial charge in [0.15, 0.2) is 11.9 Å². The Balaban J connectivity index is 1.59. The van der Waals surface area contributed by atoms with Crippen LogP contribution in [0.2, 0.25) is 0 Å². The van der Waals surface area contributed by atoms with Gasteiger partial charge in [0.05, 0.1) is 0 Å². The van der Waals surface area contributed by atoms with Crippen molar-refractivity contribution in [1.82, 2.24) is 0 Å². The number of rotatable bonds is 8. The molecule has 0 saturated heterocycles. The first-order valence-corrected chi connectivity index (χ1v) is 9.88. The smallest absolute Gasteiger partial charge is 0.265 e. The zero-order chi connectivity index (χ0) is 22.4. The third-order valence-corrected chi connectivity index (χ3v) is 4.67. The van der Waals surface area contributed by atoms with Crippen molar-refractivity contribution in [3.8, 4) is 11.5 Å². The fraction of sp³-hybridized carbons (Fsp3) is 0.200. The van der Waals surface area contributed by atoms with Crippen LogP contribution in [0.25, 0.3) is 0 Å². The van der Waals surface area contributed by atoms with E-state index in [0.717, 1.165) is 11.1 Å². The number of carbonyl (C=O) groups excluding carboxylic acids is 2. The molecule has 160 valence electrons. The average Bonchev–Trinajstić information content (AvgIpc) is 2.74. The van der Waals surface area contributed by atoms with E-state index < -0.39 is 6.10 Å². The topological polar surface area (TPSA) is 64.6 Å². The van der Waals surface area contributed by atoms with E-state index in [1.54, 1.807) is 61.5 Å². The van der Waals surface area contributed by atoms with Crippen LogP contribution in [0.4, 0.5) is 10.1 Å². The molecule has 0 aliphatic carbocycles. The van der Waals surface area contributed by atoms with Gasteiger partial charge in [-0.25, -0.2) is 4.39 Å². The van der Waals surface area contributed by atoms with Crippen molar-refractivity contribution >= 4 is 17.4 Å². The molecule has 0 heterocycles. The average molecular weight is 421 g/mol. The molecular formula is C25H24FNO4. The molecule has 5 nitrogen and oxygen atoms in total. The first-order valence-electron chi connectivity index (χ1n) is 9.88. The lowest BCUT2D eigenvalue weighted by atomic mass is 10.1. The number of ether oxygens (including phenoxy) is 2. The molecule has 0 spiro atoms. The summed E-state index contributed by atoms with van der Waals surface area (Å²) in [5, 5.41) is 2.84. The van der Waals surface area contributed by atoms with E-state index in [1.807, 2.05) is 6.92 Å². The van der Waals surface area contributed by atoms with E-state index in [4.69, 9.17) is 9.47 Å². The summed E-state index contributed by atoms with van der Waals surface area (Å²) in [7, 11) is 0. The second kappa shape index (κ2) is 9.89. The Morgan fingerprint density at radius 2 is 1.77 bits per heavy atom. The number of carbonyl (C=O) groups is 2. The van der Waals surface area contributed by atoms with Crippen LogP contribution in [0.5, 0.6) is 11.5 Å². The van der Waals surface area contributed by atoms with Crippen LogP contribution in [0.15, 0.2) is 66.7 Å². The number of Topliss-reactive ketones (excluding diaryl/α,β-unsaturated/α-hetero) is 1. The minimum atomic E-state index is -0.759. The molecule has 0 aromatic heterocycles. The van der Waals surface area contributed by atoms with E-state index in [0.29, 0.717) is 22.7 Å². The lowest BCUT2D eigenvalue weighted by Crippen LogP contribution is -2.30. The van der Waals surface area contributed by atoms with E-state index in [2.05, 4.69) is 5.32 Å². The molecule has 1 amide bonds. The minimum Gasteiger partial charge on any atom is -0.489 e. The minimum absolute atomic E-state index is 0.0714. The molecule has 3 aromatic carbocycles. The van der Waals surface area contributed by atoms with Gasteiger partial charge in [-0.1, -0.05) is 24.3 Å². The fourth-order valence-electron chi connectivity index (χ4n) is 2.94. The molecule has 0 bridgehead atoms. The Kier molecular flexibility index (Phi) is 7.03. The van der Waals surface area contributed by atoms with Gasteiger partial charge in [-0.15, -0.1) is 0 Å². The maximum absolute atomic E-state index is 13.3. The first kappa shape index (κ1) is 22.0. The summed E-state index contributed by atoms with van der Waals surface area (Å²) in [4.78, 5) is 24.0. The van der Waals surface area contributed by atoms with E-state index in [-0.39, 0.29) is 24.1 Å². The van der Waals surface area contributed by atoms with Crippen molar-refractivity contribution in [3.63, 3.8) is 0 Å². The Labute approximate surface area is 180 Å². The second-order valence-corrected chi connectivity index (χ2v) is 7.23. The van der Waals surface area contributed by atoms with Crippen molar-refractivity contribution in [2.24, 2.45) is 0 Å². The zero-order valence-corrected chi connectivity index (χ0v) is 17.6. The third kappa shape index (κ3) is 6.15. The van der Waals surface area contributed by atoms with Crippen molar-refractivity contribution in [2.45, 2.75) is 33.5 Å². The second-order valence-electron chi connectivity index (χ2n) is 7.23. The molecule has 0 fully saturated rings. The van der Waals surface area contributed by atoms with Gasteiger partial charge < -0.3 is 14.8 Å². The monoisotopic (exact) mass is 421 g/mol. The summed E-state index contributed by atoms with van der Waals surface area (Å²) < 4.78 is 24.7. The maximum Gasteiger partial charge on any atom is 0.265 e. The summed E-state index contributed by atoms with van der Waals surface area (Å²) in [6.07, 6.45) is -0.759. The van der Waals surface area contributed by atoms with Crippen LogP contribution in [-0.4, -0.2) is 17.8 Å². The first-order chi connectivity index (χ1) is 14.8. The third-order valence-electron chi connectivity index (χ3n) is 4.67. The molecule has 0 radical (unpaired) electrons. The number of aryl methyl sites for hydroxylation is 1. The molecule has 3 rings (SSSR count). The molecule has 1 N–H and O–H groups in total. The Hall–Kier alpha value is -3.67. The van der Waals surface area contributed by atoms with E-state index in [9.17, 15) is 14.0 Å². The van der Waals surface area contributed by atoms with Gasteiger partial charge in [0.2, 0.25) is 0 Å². The molecule has 0 saturated carbocycles.